The zero-order valence-electron chi connectivity index (χ0n) is 11.4. The molecule has 0 N–H and O–H groups in total. The summed E-state index contributed by atoms with van der Waals surface area (Å²) in [5, 5.41) is 0.396. The second-order valence-electron chi connectivity index (χ2n) is 4.67. The summed E-state index contributed by atoms with van der Waals surface area (Å²) in [6.07, 6.45) is 4.96. The summed E-state index contributed by atoms with van der Waals surface area (Å²) in [5.41, 5.74) is 1.79. The Hall–Kier alpha value is -1.87. The molecule has 2 rings (SSSR count). The maximum absolute atomic E-state index is 12.2. The van der Waals surface area contributed by atoms with Crippen molar-refractivity contribution < 1.29 is 4.79 Å². The van der Waals surface area contributed by atoms with E-state index in [1.54, 1.807) is 24.2 Å². The molecular formula is C16H17ClN2O. The monoisotopic (exact) mass is 288 g/mol. The van der Waals surface area contributed by atoms with Crippen LogP contribution in [0.3, 0.4) is 0 Å². The third-order valence-electron chi connectivity index (χ3n) is 3.15. The summed E-state index contributed by atoms with van der Waals surface area (Å²) in [6, 6.07) is 11.9. The predicted octanol–water partition coefficient (Wildman–Crippen LogP) is 3.44. The number of carbonyl (C=O) groups is 1. The second kappa shape index (κ2) is 7.06. The van der Waals surface area contributed by atoms with E-state index in [-0.39, 0.29) is 5.91 Å². The molecule has 0 unspecified atom stereocenters. The number of benzene rings is 1. The molecule has 1 aromatic carbocycles. The average Bonchev–Trinajstić information content (AvgIpc) is 2.48. The van der Waals surface area contributed by atoms with Crippen LogP contribution in [-0.4, -0.2) is 29.4 Å². The standard InChI is InChI=1S/C16H17ClN2O/c1-19(11-5-8-13-6-3-2-4-7-13)16(20)14-9-10-18-12-15(14)17/h2-4,6-7,9-10,12H,5,8,11H2,1H3. The largest absolute Gasteiger partial charge is 0.342 e. The summed E-state index contributed by atoms with van der Waals surface area (Å²) in [6.45, 7) is 0.701. The molecule has 104 valence electrons. The van der Waals surface area contributed by atoms with Gasteiger partial charge in [-0.15, -0.1) is 0 Å². The summed E-state index contributed by atoms with van der Waals surface area (Å²) in [5.74, 6) is -0.0644. The van der Waals surface area contributed by atoms with Crippen molar-refractivity contribution in [3.05, 3.63) is 64.9 Å². The van der Waals surface area contributed by atoms with Crippen LogP contribution in [-0.2, 0) is 6.42 Å². The second-order valence-corrected chi connectivity index (χ2v) is 5.08. The van der Waals surface area contributed by atoms with Crippen molar-refractivity contribution in [2.24, 2.45) is 0 Å². The van der Waals surface area contributed by atoms with Crippen molar-refractivity contribution >= 4 is 17.5 Å². The quantitative estimate of drug-likeness (QED) is 0.844. The molecule has 0 atom stereocenters. The van der Waals surface area contributed by atoms with Gasteiger partial charge in [-0.1, -0.05) is 41.9 Å². The van der Waals surface area contributed by atoms with Gasteiger partial charge in [0.05, 0.1) is 10.6 Å². The van der Waals surface area contributed by atoms with Gasteiger partial charge in [-0.25, -0.2) is 0 Å². The zero-order valence-corrected chi connectivity index (χ0v) is 12.2. The number of hydrogen-bond donors (Lipinski definition) is 0. The highest BCUT2D eigenvalue weighted by Gasteiger charge is 2.14. The highest BCUT2D eigenvalue weighted by molar-refractivity contribution is 6.33. The Morgan fingerprint density at radius 3 is 2.70 bits per heavy atom. The Labute approximate surface area is 124 Å². The molecule has 0 aliphatic heterocycles. The molecule has 1 aromatic heterocycles. The van der Waals surface area contributed by atoms with Crippen LogP contribution in [0.25, 0.3) is 0 Å². The van der Waals surface area contributed by atoms with Crippen LogP contribution in [0.15, 0.2) is 48.8 Å². The normalized spacial score (nSPS) is 10.3. The number of carbonyl (C=O) groups excluding carboxylic acids is 1. The van der Waals surface area contributed by atoms with Gasteiger partial charge in [0.15, 0.2) is 0 Å². The van der Waals surface area contributed by atoms with E-state index in [2.05, 4.69) is 17.1 Å². The van der Waals surface area contributed by atoms with E-state index in [0.717, 1.165) is 12.8 Å². The molecule has 1 amide bonds. The van der Waals surface area contributed by atoms with Crippen LogP contribution in [0, 0.1) is 0 Å². The summed E-state index contributed by atoms with van der Waals surface area (Å²) < 4.78 is 0. The molecule has 2 aromatic rings. The maximum Gasteiger partial charge on any atom is 0.255 e. The minimum absolute atomic E-state index is 0.0644. The van der Waals surface area contributed by atoms with Crippen LogP contribution in [0.1, 0.15) is 22.3 Å². The fourth-order valence-electron chi connectivity index (χ4n) is 2.02. The van der Waals surface area contributed by atoms with E-state index >= 15 is 0 Å². The third kappa shape index (κ3) is 3.81. The first-order chi connectivity index (χ1) is 9.68. The average molecular weight is 289 g/mol. The number of rotatable bonds is 5. The van der Waals surface area contributed by atoms with E-state index in [1.165, 1.54) is 11.8 Å². The van der Waals surface area contributed by atoms with E-state index < -0.39 is 0 Å². The topological polar surface area (TPSA) is 33.2 Å². The van der Waals surface area contributed by atoms with Gasteiger partial charge in [0.1, 0.15) is 0 Å². The number of halogens is 1. The number of aryl methyl sites for hydroxylation is 1. The lowest BCUT2D eigenvalue weighted by atomic mass is 10.1. The number of pyridine rings is 1. The number of hydrogen-bond acceptors (Lipinski definition) is 2. The lowest BCUT2D eigenvalue weighted by Crippen LogP contribution is -2.28. The van der Waals surface area contributed by atoms with E-state index in [0.29, 0.717) is 17.1 Å². The van der Waals surface area contributed by atoms with Crippen molar-refractivity contribution in [3.8, 4) is 0 Å². The van der Waals surface area contributed by atoms with Gasteiger partial charge in [0, 0.05) is 26.0 Å². The Morgan fingerprint density at radius 1 is 1.25 bits per heavy atom. The van der Waals surface area contributed by atoms with Crippen LogP contribution in [0.5, 0.6) is 0 Å². The first-order valence-corrected chi connectivity index (χ1v) is 6.95. The molecule has 1 heterocycles. The molecule has 0 spiro atoms. The lowest BCUT2D eigenvalue weighted by molar-refractivity contribution is 0.0793. The molecular weight excluding hydrogens is 272 g/mol. The van der Waals surface area contributed by atoms with Gasteiger partial charge in [0.25, 0.3) is 5.91 Å². The molecule has 0 aliphatic carbocycles. The number of aromatic nitrogens is 1. The lowest BCUT2D eigenvalue weighted by Gasteiger charge is -2.17. The minimum atomic E-state index is -0.0644. The van der Waals surface area contributed by atoms with E-state index in [1.807, 2.05) is 18.2 Å². The summed E-state index contributed by atoms with van der Waals surface area (Å²) in [4.78, 5) is 17.8. The summed E-state index contributed by atoms with van der Waals surface area (Å²) in [7, 11) is 1.80. The zero-order chi connectivity index (χ0) is 14.4. The van der Waals surface area contributed by atoms with Crippen LogP contribution in [0.2, 0.25) is 5.02 Å². The smallest absolute Gasteiger partial charge is 0.255 e. The highest BCUT2D eigenvalue weighted by atomic mass is 35.5. The Morgan fingerprint density at radius 2 is 2.00 bits per heavy atom. The SMILES string of the molecule is CN(CCCc1ccccc1)C(=O)c1ccncc1Cl. The van der Waals surface area contributed by atoms with Crippen molar-refractivity contribution in [2.45, 2.75) is 12.8 Å². The van der Waals surface area contributed by atoms with Gasteiger partial charge in [0.2, 0.25) is 0 Å². The highest BCUT2D eigenvalue weighted by Crippen LogP contribution is 2.15. The Kier molecular flexibility index (Phi) is 5.13. The fraction of sp³-hybridized carbons (Fsp3) is 0.250. The van der Waals surface area contributed by atoms with E-state index in [9.17, 15) is 4.79 Å². The van der Waals surface area contributed by atoms with Crippen LogP contribution < -0.4 is 0 Å². The number of nitrogens with zero attached hydrogens (tertiary/aromatic N) is 2. The first kappa shape index (κ1) is 14.5. The minimum Gasteiger partial charge on any atom is -0.342 e. The fourth-order valence-corrected chi connectivity index (χ4v) is 2.22. The predicted molar refractivity (Wildman–Crippen MR) is 81.0 cm³/mol. The van der Waals surface area contributed by atoms with Crippen LogP contribution in [0.4, 0.5) is 0 Å². The molecule has 20 heavy (non-hydrogen) atoms. The van der Waals surface area contributed by atoms with Crippen molar-refractivity contribution in [2.75, 3.05) is 13.6 Å². The first-order valence-electron chi connectivity index (χ1n) is 6.57. The van der Waals surface area contributed by atoms with Crippen molar-refractivity contribution in [3.63, 3.8) is 0 Å². The third-order valence-corrected chi connectivity index (χ3v) is 3.45. The Bertz CT molecular complexity index is 572. The van der Waals surface area contributed by atoms with Gasteiger partial charge in [-0.3, -0.25) is 9.78 Å². The van der Waals surface area contributed by atoms with Crippen molar-refractivity contribution in [1.29, 1.82) is 0 Å². The molecule has 0 saturated carbocycles. The maximum atomic E-state index is 12.2. The molecule has 0 aliphatic rings. The van der Waals surface area contributed by atoms with Gasteiger partial charge >= 0.3 is 0 Å². The van der Waals surface area contributed by atoms with Gasteiger partial charge in [-0.2, -0.15) is 0 Å². The van der Waals surface area contributed by atoms with Crippen LogP contribution >= 0.6 is 11.6 Å². The van der Waals surface area contributed by atoms with E-state index in [4.69, 9.17) is 11.6 Å². The molecule has 4 heteroatoms. The molecule has 0 saturated heterocycles. The molecule has 0 bridgehead atoms. The van der Waals surface area contributed by atoms with Gasteiger partial charge < -0.3 is 4.90 Å². The number of amides is 1. The molecule has 0 radical (unpaired) electrons. The Balaban J connectivity index is 1.87. The van der Waals surface area contributed by atoms with Gasteiger partial charge in [-0.05, 0) is 24.5 Å². The molecule has 3 nitrogen and oxygen atoms in total. The molecule has 0 fully saturated rings. The summed E-state index contributed by atoms with van der Waals surface area (Å²) >= 11 is 5.98. The van der Waals surface area contributed by atoms with Crippen molar-refractivity contribution in [1.82, 2.24) is 9.88 Å².